The first kappa shape index (κ1) is 26.7. The first-order valence-electron chi connectivity index (χ1n) is 14.8. The number of alkyl carbamates (subject to hydrolysis) is 1. The Morgan fingerprint density at radius 3 is 2.07 bits per heavy atom. The van der Waals surface area contributed by atoms with Crippen molar-refractivity contribution < 1.29 is 24.2 Å². The van der Waals surface area contributed by atoms with Crippen molar-refractivity contribution in [1.29, 1.82) is 0 Å². The summed E-state index contributed by atoms with van der Waals surface area (Å²) in [4.78, 5) is 43.8. The number of benzene rings is 3. The van der Waals surface area contributed by atoms with E-state index in [1.54, 1.807) is 0 Å². The molecule has 4 fully saturated rings. The molecule has 3 heterocycles. The summed E-state index contributed by atoms with van der Waals surface area (Å²) >= 11 is 0. The van der Waals surface area contributed by atoms with E-state index in [-0.39, 0.29) is 24.3 Å². The fourth-order valence-electron chi connectivity index (χ4n) is 7.66. The SMILES string of the molecule is O=C(NC1(C(=O)N2CC3CC2(C(=O)O)C3)CCN(Cc2ccccc2)CC1)OCC1c2ccccc2-c2ccccc21. The number of carbonyl (C=O) groups excluding carboxylic acids is 2. The average Bonchev–Trinajstić information content (AvgIpc) is 3.66. The average molecular weight is 566 g/mol. The molecule has 8 nitrogen and oxygen atoms in total. The van der Waals surface area contributed by atoms with Gasteiger partial charge in [-0.25, -0.2) is 9.59 Å². The van der Waals surface area contributed by atoms with Crippen LogP contribution in [0, 0.1) is 5.92 Å². The molecular formula is C34H35N3O5. The molecular weight excluding hydrogens is 530 g/mol. The molecule has 0 aromatic heterocycles. The van der Waals surface area contributed by atoms with E-state index >= 15 is 0 Å². The van der Waals surface area contributed by atoms with E-state index < -0.39 is 23.1 Å². The molecule has 0 radical (unpaired) electrons. The van der Waals surface area contributed by atoms with Gasteiger partial charge in [0.05, 0.1) is 0 Å². The van der Waals surface area contributed by atoms with Crippen LogP contribution in [0.15, 0.2) is 78.9 Å². The smallest absolute Gasteiger partial charge is 0.408 e. The molecule has 3 saturated heterocycles. The van der Waals surface area contributed by atoms with Gasteiger partial charge in [0.15, 0.2) is 0 Å². The third-order valence-electron chi connectivity index (χ3n) is 9.91. The number of hydrogen-bond acceptors (Lipinski definition) is 5. The number of ether oxygens (including phenoxy) is 1. The number of likely N-dealkylation sites (tertiary alicyclic amines) is 1. The van der Waals surface area contributed by atoms with Crippen molar-refractivity contribution in [3.8, 4) is 11.1 Å². The Labute approximate surface area is 245 Å². The molecule has 8 rings (SSSR count). The summed E-state index contributed by atoms with van der Waals surface area (Å²) in [6.07, 6.45) is 1.10. The summed E-state index contributed by atoms with van der Waals surface area (Å²) in [7, 11) is 0. The fourth-order valence-corrected chi connectivity index (χ4v) is 7.66. The second-order valence-electron chi connectivity index (χ2n) is 12.3. The Hall–Kier alpha value is -4.17. The molecule has 2 N–H and O–H groups in total. The number of rotatable bonds is 7. The van der Waals surface area contributed by atoms with Crippen LogP contribution in [-0.4, -0.2) is 70.2 Å². The summed E-state index contributed by atoms with van der Waals surface area (Å²) in [5.74, 6) is -1.14. The molecule has 216 valence electrons. The van der Waals surface area contributed by atoms with Crippen LogP contribution >= 0.6 is 0 Å². The number of nitrogens with one attached hydrogen (secondary N) is 1. The van der Waals surface area contributed by atoms with Crippen molar-refractivity contribution in [3.05, 3.63) is 95.6 Å². The van der Waals surface area contributed by atoms with E-state index in [0.29, 0.717) is 45.3 Å². The number of aliphatic carboxylic acids is 1. The predicted octanol–water partition coefficient (Wildman–Crippen LogP) is 4.64. The van der Waals surface area contributed by atoms with Crippen molar-refractivity contribution in [2.45, 2.75) is 49.2 Å². The molecule has 3 aliphatic heterocycles. The lowest BCUT2D eigenvalue weighted by Crippen LogP contribution is -2.67. The van der Waals surface area contributed by atoms with Gasteiger partial charge in [-0.05, 0) is 59.4 Å². The topological polar surface area (TPSA) is 99.2 Å². The van der Waals surface area contributed by atoms with Gasteiger partial charge in [0.25, 0.3) is 0 Å². The summed E-state index contributed by atoms with van der Waals surface area (Å²) in [5.41, 5.74) is 3.34. The Bertz CT molecular complexity index is 1480. The largest absolute Gasteiger partial charge is 0.479 e. The number of piperidine rings is 1. The molecule has 3 aromatic carbocycles. The van der Waals surface area contributed by atoms with Crippen molar-refractivity contribution in [2.75, 3.05) is 26.2 Å². The number of carboxylic acid groups (broad SMARTS) is 1. The number of amides is 2. The molecule has 8 heteroatoms. The van der Waals surface area contributed by atoms with E-state index in [1.807, 2.05) is 42.5 Å². The van der Waals surface area contributed by atoms with E-state index in [9.17, 15) is 19.5 Å². The van der Waals surface area contributed by atoms with E-state index in [1.165, 1.54) is 10.5 Å². The highest BCUT2D eigenvalue weighted by atomic mass is 16.5. The van der Waals surface area contributed by atoms with Crippen molar-refractivity contribution in [1.82, 2.24) is 15.1 Å². The zero-order valence-corrected chi connectivity index (χ0v) is 23.5. The lowest BCUT2D eigenvalue weighted by molar-refractivity contribution is -0.161. The predicted molar refractivity (Wildman–Crippen MR) is 157 cm³/mol. The first-order valence-corrected chi connectivity index (χ1v) is 14.8. The number of fused-ring (bicyclic) bond motifs is 4. The monoisotopic (exact) mass is 565 g/mol. The van der Waals surface area contributed by atoms with Gasteiger partial charge in [-0.15, -0.1) is 0 Å². The maximum absolute atomic E-state index is 14.2. The zero-order valence-electron chi connectivity index (χ0n) is 23.5. The van der Waals surface area contributed by atoms with Crippen LogP contribution in [0.1, 0.15) is 48.3 Å². The van der Waals surface area contributed by atoms with Crippen molar-refractivity contribution >= 4 is 18.0 Å². The number of carboxylic acids is 1. The van der Waals surface area contributed by atoms with Crippen LogP contribution in [0.3, 0.4) is 0 Å². The molecule has 0 unspecified atom stereocenters. The lowest BCUT2D eigenvalue weighted by Gasteiger charge is -2.45. The minimum atomic E-state index is -1.21. The maximum atomic E-state index is 14.2. The van der Waals surface area contributed by atoms with E-state index in [0.717, 1.165) is 28.8 Å². The third kappa shape index (κ3) is 4.36. The van der Waals surface area contributed by atoms with Crippen molar-refractivity contribution in [3.63, 3.8) is 0 Å². The molecule has 2 aliphatic carbocycles. The number of nitrogens with zero attached hydrogens (tertiary/aromatic N) is 2. The molecule has 1 saturated carbocycles. The number of carbonyl (C=O) groups is 3. The normalized spacial score (nSPS) is 23.9. The Morgan fingerprint density at radius 2 is 1.45 bits per heavy atom. The van der Waals surface area contributed by atoms with Gasteiger partial charge in [-0.3, -0.25) is 9.69 Å². The standard InChI is InChI=1S/C34H35N3O5/c38-30(37-21-24-18-34(37,19-24)31(39)40)33(14-16-36(17-15-33)20-23-8-2-1-3-9-23)35-32(41)42-22-29-27-12-6-4-10-25(27)26-11-5-7-13-28(26)29/h1-13,24,29H,14-22H2,(H,35,41)(H,39,40). The molecule has 42 heavy (non-hydrogen) atoms. The van der Waals surface area contributed by atoms with Gasteiger partial charge in [0.2, 0.25) is 5.91 Å². The van der Waals surface area contributed by atoms with Crippen LogP contribution in [0.25, 0.3) is 11.1 Å². The maximum Gasteiger partial charge on any atom is 0.408 e. The van der Waals surface area contributed by atoms with Gasteiger partial charge >= 0.3 is 12.1 Å². The zero-order chi connectivity index (χ0) is 28.9. The Balaban J connectivity index is 1.09. The summed E-state index contributed by atoms with van der Waals surface area (Å²) in [6, 6.07) is 26.5. The van der Waals surface area contributed by atoms with Crippen LogP contribution in [-0.2, 0) is 20.9 Å². The molecule has 2 amide bonds. The minimum absolute atomic E-state index is 0.0939. The fraction of sp³-hybridized carbons (Fsp3) is 0.382. The first-order chi connectivity index (χ1) is 20.4. The Morgan fingerprint density at radius 1 is 0.857 bits per heavy atom. The van der Waals surface area contributed by atoms with Crippen LogP contribution in [0.4, 0.5) is 4.79 Å². The second-order valence-corrected chi connectivity index (χ2v) is 12.3. The molecule has 2 bridgehead atoms. The Kier molecular flexibility index (Phi) is 6.54. The highest BCUT2D eigenvalue weighted by molar-refractivity contribution is 5.96. The van der Waals surface area contributed by atoms with Crippen LogP contribution in [0.2, 0.25) is 0 Å². The number of hydrogen-bond donors (Lipinski definition) is 2. The minimum Gasteiger partial charge on any atom is -0.479 e. The second kappa shape index (κ2) is 10.3. The molecule has 3 aromatic rings. The highest BCUT2D eigenvalue weighted by Gasteiger charge is 2.65. The third-order valence-corrected chi connectivity index (χ3v) is 9.91. The van der Waals surface area contributed by atoms with Crippen LogP contribution in [0.5, 0.6) is 0 Å². The van der Waals surface area contributed by atoms with Crippen LogP contribution < -0.4 is 5.32 Å². The van der Waals surface area contributed by atoms with E-state index in [2.05, 4.69) is 46.6 Å². The van der Waals surface area contributed by atoms with Gasteiger partial charge in [0.1, 0.15) is 17.7 Å². The van der Waals surface area contributed by atoms with Crippen molar-refractivity contribution in [2.24, 2.45) is 5.92 Å². The molecule has 0 atom stereocenters. The molecule has 5 aliphatic rings. The lowest BCUT2D eigenvalue weighted by atomic mass is 9.73. The van der Waals surface area contributed by atoms with E-state index in [4.69, 9.17) is 4.74 Å². The molecule has 0 spiro atoms. The van der Waals surface area contributed by atoms with Gasteiger partial charge in [-0.2, -0.15) is 0 Å². The van der Waals surface area contributed by atoms with Gasteiger partial charge in [0, 0.05) is 32.1 Å². The quantitative estimate of drug-likeness (QED) is 0.433. The van der Waals surface area contributed by atoms with Gasteiger partial charge < -0.3 is 20.1 Å². The highest BCUT2D eigenvalue weighted by Crippen LogP contribution is 2.52. The summed E-state index contributed by atoms with van der Waals surface area (Å²) in [6.45, 7) is 2.52. The van der Waals surface area contributed by atoms with Gasteiger partial charge in [-0.1, -0.05) is 78.9 Å². The summed E-state index contributed by atoms with van der Waals surface area (Å²) in [5, 5.41) is 13.0. The summed E-state index contributed by atoms with van der Waals surface area (Å²) < 4.78 is 5.86.